The Labute approximate surface area is 146 Å². The van der Waals surface area contributed by atoms with E-state index in [0.29, 0.717) is 24.3 Å². The Morgan fingerprint density at radius 2 is 2.21 bits per heavy atom. The molecule has 0 spiro atoms. The van der Waals surface area contributed by atoms with Crippen molar-refractivity contribution >= 4 is 17.2 Å². The Morgan fingerprint density at radius 1 is 1.46 bits per heavy atom. The summed E-state index contributed by atoms with van der Waals surface area (Å²) in [6.45, 7) is 6.35. The monoisotopic (exact) mass is 343 g/mol. The molecule has 0 bridgehead atoms. The Hall–Kier alpha value is -2.39. The van der Waals surface area contributed by atoms with Crippen molar-refractivity contribution in [1.29, 1.82) is 5.26 Å². The number of hydrogen-bond donors (Lipinski definition) is 1. The third-order valence-corrected chi connectivity index (χ3v) is 4.66. The Balaban J connectivity index is 1.84. The van der Waals surface area contributed by atoms with Crippen LogP contribution in [-0.2, 0) is 17.6 Å². The number of nitrogens with zero attached hydrogens (tertiary/aromatic N) is 2. The zero-order valence-electron chi connectivity index (χ0n) is 14.1. The van der Waals surface area contributed by atoms with Crippen LogP contribution in [0.4, 0.5) is 0 Å². The average Bonchev–Trinajstić information content (AvgIpc) is 2.95. The predicted octanol–water partition coefficient (Wildman–Crippen LogP) is 3.01. The van der Waals surface area contributed by atoms with E-state index in [-0.39, 0.29) is 5.91 Å². The quantitative estimate of drug-likeness (QED) is 0.838. The molecule has 0 aliphatic heterocycles. The third kappa shape index (κ3) is 4.56. The van der Waals surface area contributed by atoms with Gasteiger partial charge in [-0.1, -0.05) is 19.1 Å². The highest BCUT2D eigenvalue weighted by molar-refractivity contribution is 7.11. The van der Waals surface area contributed by atoms with Gasteiger partial charge in [0, 0.05) is 17.8 Å². The van der Waals surface area contributed by atoms with Crippen LogP contribution in [0.25, 0.3) is 0 Å². The van der Waals surface area contributed by atoms with Gasteiger partial charge in [0.15, 0.2) is 6.10 Å². The summed E-state index contributed by atoms with van der Waals surface area (Å²) in [6.07, 6.45) is 0.972. The van der Waals surface area contributed by atoms with Crippen molar-refractivity contribution in [3.63, 3.8) is 0 Å². The van der Waals surface area contributed by atoms with Gasteiger partial charge in [0.05, 0.1) is 16.3 Å². The van der Waals surface area contributed by atoms with Gasteiger partial charge in [-0.2, -0.15) is 5.26 Å². The minimum atomic E-state index is -0.663. The van der Waals surface area contributed by atoms with Crippen LogP contribution in [0.3, 0.4) is 0 Å². The molecule has 1 aromatic heterocycles. The summed E-state index contributed by atoms with van der Waals surface area (Å²) in [5.41, 5.74) is 1.55. The summed E-state index contributed by atoms with van der Waals surface area (Å²) in [5, 5.41) is 12.9. The molecule has 6 heteroatoms. The minimum absolute atomic E-state index is 0.202. The molecule has 0 radical (unpaired) electrons. The van der Waals surface area contributed by atoms with Gasteiger partial charge in [0.1, 0.15) is 11.8 Å². The molecule has 1 heterocycles. The van der Waals surface area contributed by atoms with Gasteiger partial charge >= 0.3 is 0 Å². The second kappa shape index (κ2) is 8.46. The van der Waals surface area contributed by atoms with Crippen LogP contribution in [0.1, 0.15) is 35.0 Å². The number of hydrogen-bond acceptors (Lipinski definition) is 5. The SMILES string of the molecule is CCc1nc(CCNC(=O)[C@H](C)Oc2ccccc2C#N)sc1C. The summed E-state index contributed by atoms with van der Waals surface area (Å²) >= 11 is 1.68. The van der Waals surface area contributed by atoms with Gasteiger partial charge in [0.2, 0.25) is 0 Å². The lowest BCUT2D eigenvalue weighted by Gasteiger charge is -2.15. The topological polar surface area (TPSA) is 75.0 Å². The van der Waals surface area contributed by atoms with E-state index in [4.69, 9.17) is 10.00 Å². The first kappa shape index (κ1) is 18.0. The third-order valence-electron chi connectivity index (χ3n) is 3.59. The normalized spacial score (nSPS) is 11.6. The Bertz CT molecular complexity index is 749. The van der Waals surface area contributed by atoms with E-state index in [1.165, 1.54) is 4.88 Å². The highest BCUT2D eigenvalue weighted by atomic mass is 32.1. The van der Waals surface area contributed by atoms with Gasteiger partial charge in [-0.15, -0.1) is 11.3 Å². The number of para-hydroxylation sites is 1. The second-order valence-electron chi connectivity index (χ2n) is 5.37. The van der Waals surface area contributed by atoms with Gasteiger partial charge in [0.25, 0.3) is 5.91 Å². The van der Waals surface area contributed by atoms with E-state index in [0.717, 1.165) is 17.1 Å². The summed E-state index contributed by atoms with van der Waals surface area (Å²) in [6, 6.07) is 8.94. The number of nitrogens with one attached hydrogen (secondary N) is 1. The van der Waals surface area contributed by atoms with Crippen molar-refractivity contribution in [3.8, 4) is 11.8 Å². The molecule has 0 aliphatic rings. The number of carbonyl (C=O) groups is 1. The molecule has 0 aliphatic carbocycles. The molecular formula is C18H21N3O2S. The van der Waals surface area contributed by atoms with Gasteiger partial charge in [-0.05, 0) is 32.4 Å². The number of thiazole rings is 1. The molecule has 24 heavy (non-hydrogen) atoms. The van der Waals surface area contributed by atoms with Crippen LogP contribution in [0.15, 0.2) is 24.3 Å². The number of ether oxygens (including phenoxy) is 1. The molecule has 0 saturated carbocycles. The van der Waals surface area contributed by atoms with E-state index in [9.17, 15) is 4.79 Å². The van der Waals surface area contributed by atoms with Crippen molar-refractivity contribution in [2.45, 2.75) is 39.7 Å². The predicted molar refractivity (Wildman–Crippen MR) is 94.2 cm³/mol. The fourth-order valence-corrected chi connectivity index (χ4v) is 3.29. The largest absolute Gasteiger partial charge is 0.480 e. The van der Waals surface area contributed by atoms with Crippen LogP contribution in [-0.4, -0.2) is 23.5 Å². The molecule has 1 N–H and O–H groups in total. The molecular weight excluding hydrogens is 322 g/mol. The molecule has 1 aromatic carbocycles. The number of amides is 1. The molecule has 1 atom stereocenters. The lowest BCUT2D eigenvalue weighted by molar-refractivity contribution is -0.127. The summed E-state index contributed by atoms with van der Waals surface area (Å²) < 4.78 is 5.59. The Kier molecular flexibility index (Phi) is 6.33. The molecule has 0 fully saturated rings. The fraction of sp³-hybridized carbons (Fsp3) is 0.389. The van der Waals surface area contributed by atoms with Crippen LogP contribution < -0.4 is 10.1 Å². The van der Waals surface area contributed by atoms with Gasteiger partial charge < -0.3 is 10.1 Å². The maximum Gasteiger partial charge on any atom is 0.260 e. The smallest absolute Gasteiger partial charge is 0.260 e. The number of rotatable bonds is 7. The van der Waals surface area contributed by atoms with Crippen LogP contribution in [0.5, 0.6) is 5.75 Å². The number of aromatic nitrogens is 1. The average molecular weight is 343 g/mol. The first-order valence-electron chi connectivity index (χ1n) is 7.93. The van der Waals surface area contributed by atoms with Crippen molar-refractivity contribution in [2.75, 3.05) is 6.54 Å². The lowest BCUT2D eigenvalue weighted by Crippen LogP contribution is -2.37. The van der Waals surface area contributed by atoms with Gasteiger partial charge in [-0.25, -0.2) is 4.98 Å². The van der Waals surface area contributed by atoms with Crippen LogP contribution in [0, 0.1) is 18.3 Å². The standard InChI is InChI=1S/C18H21N3O2S/c1-4-15-13(3)24-17(21-15)9-10-20-18(22)12(2)23-16-8-6-5-7-14(16)11-19/h5-8,12H,4,9-10H2,1-3H3,(H,20,22)/t12-/m0/s1. The summed E-state index contributed by atoms with van der Waals surface area (Å²) in [4.78, 5) is 17.9. The molecule has 0 saturated heterocycles. The second-order valence-corrected chi connectivity index (χ2v) is 6.66. The van der Waals surface area contributed by atoms with E-state index in [1.54, 1.807) is 42.5 Å². The van der Waals surface area contributed by atoms with Crippen LogP contribution >= 0.6 is 11.3 Å². The molecule has 0 unspecified atom stereocenters. The first-order chi connectivity index (χ1) is 11.5. The highest BCUT2D eigenvalue weighted by Gasteiger charge is 2.16. The van der Waals surface area contributed by atoms with Crippen molar-refractivity contribution < 1.29 is 9.53 Å². The number of carbonyl (C=O) groups excluding carboxylic acids is 1. The maximum absolute atomic E-state index is 12.1. The molecule has 126 valence electrons. The molecule has 5 nitrogen and oxygen atoms in total. The van der Waals surface area contributed by atoms with Gasteiger partial charge in [-0.3, -0.25) is 4.79 Å². The number of nitriles is 1. The fourth-order valence-electron chi connectivity index (χ4n) is 2.26. The van der Waals surface area contributed by atoms with E-state index in [2.05, 4.69) is 30.2 Å². The zero-order chi connectivity index (χ0) is 17.5. The first-order valence-corrected chi connectivity index (χ1v) is 8.75. The highest BCUT2D eigenvalue weighted by Crippen LogP contribution is 2.19. The van der Waals surface area contributed by atoms with Crippen molar-refractivity contribution in [3.05, 3.63) is 45.4 Å². The molecule has 2 aromatic rings. The molecule has 1 amide bonds. The number of aryl methyl sites for hydroxylation is 2. The Morgan fingerprint density at radius 3 is 2.88 bits per heavy atom. The van der Waals surface area contributed by atoms with Crippen LogP contribution in [0.2, 0.25) is 0 Å². The minimum Gasteiger partial charge on any atom is -0.480 e. The van der Waals surface area contributed by atoms with E-state index in [1.807, 2.05) is 0 Å². The number of benzene rings is 1. The summed E-state index contributed by atoms with van der Waals surface area (Å²) in [7, 11) is 0. The van der Waals surface area contributed by atoms with E-state index >= 15 is 0 Å². The maximum atomic E-state index is 12.1. The van der Waals surface area contributed by atoms with Crippen molar-refractivity contribution in [1.82, 2.24) is 10.3 Å². The van der Waals surface area contributed by atoms with Crippen molar-refractivity contribution in [2.24, 2.45) is 0 Å². The lowest BCUT2D eigenvalue weighted by atomic mass is 10.2. The molecule has 2 rings (SSSR count). The zero-order valence-corrected chi connectivity index (χ0v) is 14.9. The van der Waals surface area contributed by atoms with E-state index < -0.39 is 6.10 Å². The summed E-state index contributed by atoms with van der Waals surface area (Å²) in [5.74, 6) is 0.220.